The fourth-order valence-corrected chi connectivity index (χ4v) is 2.28. The molecule has 5 heteroatoms. The molecule has 21 heavy (non-hydrogen) atoms. The molecule has 0 saturated heterocycles. The van der Waals surface area contributed by atoms with E-state index in [-0.39, 0.29) is 0 Å². The molecule has 0 fully saturated rings. The molecule has 5 nitrogen and oxygen atoms in total. The highest BCUT2D eigenvalue weighted by molar-refractivity contribution is 5.63. The highest BCUT2D eigenvalue weighted by Crippen LogP contribution is 2.25. The number of pyridine rings is 1. The van der Waals surface area contributed by atoms with Gasteiger partial charge in [0.2, 0.25) is 0 Å². The minimum absolute atomic E-state index is 0.342. The standard InChI is InChI=1S/C16H17N5/c1-11-5-6-14(8-12(11)2)21-16(15(9-17)19-20-21)13-4-3-7-18-10-13/h3-8,10H,9,17H2,1-2H3. The van der Waals surface area contributed by atoms with Gasteiger partial charge in [-0.15, -0.1) is 5.10 Å². The van der Waals surface area contributed by atoms with E-state index in [2.05, 4.69) is 41.3 Å². The Morgan fingerprint density at radius 1 is 1.14 bits per heavy atom. The molecule has 0 spiro atoms. The second-order valence-electron chi connectivity index (χ2n) is 5.01. The van der Waals surface area contributed by atoms with Gasteiger partial charge in [-0.3, -0.25) is 4.98 Å². The Hall–Kier alpha value is -2.53. The number of aryl methyl sites for hydroxylation is 2. The van der Waals surface area contributed by atoms with Crippen LogP contribution in [0.1, 0.15) is 16.8 Å². The van der Waals surface area contributed by atoms with Gasteiger partial charge in [0.05, 0.1) is 5.69 Å². The topological polar surface area (TPSA) is 69.6 Å². The van der Waals surface area contributed by atoms with Gasteiger partial charge in [0.15, 0.2) is 0 Å². The number of nitrogens with two attached hydrogens (primary N) is 1. The van der Waals surface area contributed by atoms with Crippen LogP contribution in [0.2, 0.25) is 0 Å². The molecule has 0 atom stereocenters. The van der Waals surface area contributed by atoms with Crippen molar-refractivity contribution in [2.45, 2.75) is 20.4 Å². The third-order valence-electron chi connectivity index (χ3n) is 3.60. The number of hydrogen-bond acceptors (Lipinski definition) is 4. The lowest BCUT2D eigenvalue weighted by molar-refractivity contribution is 0.798. The zero-order chi connectivity index (χ0) is 14.8. The first kappa shape index (κ1) is 13.5. The third kappa shape index (κ3) is 2.43. The summed E-state index contributed by atoms with van der Waals surface area (Å²) in [5.41, 5.74) is 11.9. The Balaban J connectivity index is 2.20. The number of rotatable bonds is 3. The van der Waals surface area contributed by atoms with Crippen LogP contribution >= 0.6 is 0 Å². The Kier molecular flexibility index (Phi) is 3.50. The largest absolute Gasteiger partial charge is 0.325 e. The second kappa shape index (κ2) is 5.46. The van der Waals surface area contributed by atoms with Gasteiger partial charge in [-0.25, -0.2) is 4.68 Å². The van der Waals surface area contributed by atoms with Crippen LogP contribution in [-0.4, -0.2) is 20.0 Å². The van der Waals surface area contributed by atoms with E-state index in [0.29, 0.717) is 6.54 Å². The highest BCUT2D eigenvalue weighted by Gasteiger charge is 2.15. The predicted octanol–water partition coefficient (Wildman–Crippen LogP) is 2.40. The summed E-state index contributed by atoms with van der Waals surface area (Å²) in [6.07, 6.45) is 3.55. The van der Waals surface area contributed by atoms with Crippen molar-refractivity contribution in [2.75, 3.05) is 0 Å². The minimum Gasteiger partial charge on any atom is -0.325 e. The van der Waals surface area contributed by atoms with E-state index in [1.54, 1.807) is 12.4 Å². The minimum atomic E-state index is 0.342. The Labute approximate surface area is 123 Å². The van der Waals surface area contributed by atoms with Gasteiger partial charge in [0.1, 0.15) is 11.4 Å². The molecule has 1 aromatic carbocycles. The maximum Gasteiger partial charge on any atom is 0.105 e. The normalized spacial score (nSPS) is 10.8. The van der Waals surface area contributed by atoms with E-state index in [0.717, 1.165) is 22.6 Å². The van der Waals surface area contributed by atoms with E-state index in [9.17, 15) is 0 Å². The van der Waals surface area contributed by atoms with Crippen molar-refractivity contribution < 1.29 is 0 Å². The summed E-state index contributed by atoms with van der Waals surface area (Å²) >= 11 is 0. The van der Waals surface area contributed by atoms with Crippen molar-refractivity contribution in [1.29, 1.82) is 0 Å². The van der Waals surface area contributed by atoms with Gasteiger partial charge in [0, 0.05) is 24.5 Å². The van der Waals surface area contributed by atoms with Crippen LogP contribution in [0.5, 0.6) is 0 Å². The fourth-order valence-electron chi connectivity index (χ4n) is 2.28. The van der Waals surface area contributed by atoms with Crippen LogP contribution in [0.15, 0.2) is 42.7 Å². The molecular weight excluding hydrogens is 262 g/mol. The van der Waals surface area contributed by atoms with Gasteiger partial charge in [-0.05, 0) is 49.2 Å². The maximum atomic E-state index is 5.80. The summed E-state index contributed by atoms with van der Waals surface area (Å²) < 4.78 is 1.83. The monoisotopic (exact) mass is 279 g/mol. The van der Waals surface area contributed by atoms with Crippen LogP contribution in [0.3, 0.4) is 0 Å². The first-order valence-electron chi connectivity index (χ1n) is 6.83. The van der Waals surface area contributed by atoms with Crippen LogP contribution in [-0.2, 0) is 6.54 Å². The lowest BCUT2D eigenvalue weighted by Gasteiger charge is -2.09. The molecule has 3 rings (SSSR count). The zero-order valence-corrected chi connectivity index (χ0v) is 12.1. The van der Waals surface area contributed by atoms with E-state index in [4.69, 9.17) is 5.73 Å². The summed E-state index contributed by atoms with van der Waals surface area (Å²) in [5.74, 6) is 0. The summed E-state index contributed by atoms with van der Waals surface area (Å²) in [4.78, 5) is 4.17. The molecule has 0 saturated carbocycles. The van der Waals surface area contributed by atoms with Gasteiger partial charge in [-0.2, -0.15) is 0 Å². The van der Waals surface area contributed by atoms with Gasteiger partial charge >= 0.3 is 0 Å². The molecule has 0 amide bonds. The lowest BCUT2D eigenvalue weighted by atomic mass is 10.1. The molecule has 3 aromatic rings. The Morgan fingerprint density at radius 2 is 2.00 bits per heavy atom. The summed E-state index contributed by atoms with van der Waals surface area (Å²) in [6, 6.07) is 10.1. The first-order chi connectivity index (χ1) is 10.2. The summed E-state index contributed by atoms with van der Waals surface area (Å²) in [7, 11) is 0. The molecule has 0 radical (unpaired) electrons. The van der Waals surface area contributed by atoms with Crippen LogP contribution in [0.25, 0.3) is 16.9 Å². The van der Waals surface area contributed by atoms with Gasteiger partial charge in [-0.1, -0.05) is 11.3 Å². The second-order valence-corrected chi connectivity index (χ2v) is 5.01. The van der Waals surface area contributed by atoms with E-state index in [1.807, 2.05) is 22.9 Å². The number of hydrogen-bond donors (Lipinski definition) is 1. The van der Waals surface area contributed by atoms with Gasteiger partial charge in [0.25, 0.3) is 0 Å². The lowest BCUT2D eigenvalue weighted by Crippen LogP contribution is -2.03. The van der Waals surface area contributed by atoms with Crippen molar-refractivity contribution in [3.63, 3.8) is 0 Å². The fraction of sp³-hybridized carbons (Fsp3) is 0.188. The van der Waals surface area contributed by atoms with Crippen molar-refractivity contribution in [2.24, 2.45) is 5.73 Å². The molecule has 2 heterocycles. The molecule has 0 bridgehead atoms. The van der Waals surface area contributed by atoms with Crippen LogP contribution in [0, 0.1) is 13.8 Å². The first-order valence-corrected chi connectivity index (χ1v) is 6.83. The number of benzene rings is 1. The molecule has 0 aliphatic carbocycles. The quantitative estimate of drug-likeness (QED) is 0.799. The van der Waals surface area contributed by atoms with Gasteiger partial charge < -0.3 is 5.73 Å². The number of aromatic nitrogens is 4. The third-order valence-corrected chi connectivity index (χ3v) is 3.60. The molecule has 0 aliphatic heterocycles. The SMILES string of the molecule is Cc1ccc(-n2nnc(CN)c2-c2cccnc2)cc1C. The van der Waals surface area contributed by atoms with E-state index >= 15 is 0 Å². The molecule has 2 aromatic heterocycles. The van der Waals surface area contributed by atoms with Crippen molar-refractivity contribution in [1.82, 2.24) is 20.0 Å². The predicted molar refractivity (Wildman–Crippen MR) is 82.0 cm³/mol. The van der Waals surface area contributed by atoms with Crippen molar-refractivity contribution in [3.8, 4) is 16.9 Å². The molecular formula is C16H17N5. The van der Waals surface area contributed by atoms with Crippen molar-refractivity contribution >= 4 is 0 Å². The Morgan fingerprint density at radius 3 is 2.67 bits per heavy atom. The van der Waals surface area contributed by atoms with E-state index in [1.165, 1.54) is 11.1 Å². The Bertz CT molecular complexity index is 762. The van der Waals surface area contributed by atoms with E-state index < -0.39 is 0 Å². The average molecular weight is 279 g/mol. The van der Waals surface area contributed by atoms with Crippen LogP contribution < -0.4 is 5.73 Å². The molecule has 2 N–H and O–H groups in total. The number of nitrogens with zero attached hydrogens (tertiary/aromatic N) is 4. The molecule has 106 valence electrons. The average Bonchev–Trinajstić information content (AvgIpc) is 2.95. The smallest absolute Gasteiger partial charge is 0.105 e. The maximum absolute atomic E-state index is 5.80. The molecule has 0 aliphatic rings. The van der Waals surface area contributed by atoms with Crippen LogP contribution in [0.4, 0.5) is 0 Å². The zero-order valence-electron chi connectivity index (χ0n) is 12.1. The summed E-state index contributed by atoms with van der Waals surface area (Å²) in [5, 5.41) is 8.46. The highest BCUT2D eigenvalue weighted by atomic mass is 15.4. The summed E-state index contributed by atoms with van der Waals surface area (Å²) in [6.45, 7) is 4.52. The van der Waals surface area contributed by atoms with Crippen molar-refractivity contribution in [3.05, 3.63) is 59.5 Å². The molecule has 0 unspecified atom stereocenters.